The quantitative estimate of drug-likeness (QED) is 0.794. The zero-order valence-corrected chi connectivity index (χ0v) is 17.3. The average molecular weight is 423 g/mol. The lowest BCUT2D eigenvalue weighted by atomic mass is 10.2. The van der Waals surface area contributed by atoms with E-state index in [9.17, 15) is 13.2 Å². The summed E-state index contributed by atoms with van der Waals surface area (Å²) in [6, 6.07) is 5.95. The normalized spacial score (nSPS) is 23.5. The van der Waals surface area contributed by atoms with Gasteiger partial charge in [0.25, 0.3) is 5.91 Å². The number of nitrogens with one attached hydrogen (secondary N) is 1. The summed E-state index contributed by atoms with van der Waals surface area (Å²) in [4.78, 5) is 12.6. The molecule has 2 unspecified atom stereocenters. The summed E-state index contributed by atoms with van der Waals surface area (Å²) >= 11 is 1.38. The third-order valence-corrected chi connectivity index (χ3v) is 7.58. The van der Waals surface area contributed by atoms with E-state index in [1.54, 1.807) is 0 Å². The molecular weight excluding hydrogens is 400 g/mol. The van der Waals surface area contributed by atoms with E-state index < -0.39 is 10.0 Å². The maximum atomic E-state index is 12.9. The molecule has 1 aliphatic heterocycles. The number of carbonyl (C=O) groups is 1. The van der Waals surface area contributed by atoms with E-state index in [2.05, 4.69) is 15.5 Å². The Morgan fingerprint density at radius 2 is 1.79 bits per heavy atom. The van der Waals surface area contributed by atoms with Gasteiger partial charge in [0, 0.05) is 24.6 Å². The fourth-order valence-corrected chi connectivity index (χ4v) is 5.70. The molecule has 28 heavy (non-hydrogen) atoms. The topological polar surface area (TPSA) is 101 Å². The van der Waals surface area contributed by atoms with Crippen LogP contribution in [-0.2, 0) is 14.8 Å². The summed E-state index contributed by atoms with van der Waals surface area (Å²) in [7, 11) is -3.63. The van der Waals surface area contributed by atoms with Gasteiger partial charge in [0.05, 0.1) is 17.1 Å². The Morgan fingerprint density at radius 1 is 1.14 bits per heavy atom. The number of ether oxygens (including phenoxy) is 1. The van der Waals surface area contributed by atoms with Crippen molar-refractivity contribution in [2.75, 3.05) is 18.4 Å². The monoisotopic (exact) mass is 422 g/mol. The van der Waals surface area contributed by atoms with Crippen LogP contribution in [0.2, 0.25) is 0 Å². The largest absolute Gasteiger partial charge is 0.373 e. The fourth-order valence-electron chi connectivity index (χ4n) is 3.20. The Labute approximate surface area is 168 Å². The Hall–Kier alpha value is -1.88. The molecule has 1 aromatic carbocycles. The second-order valence-corrected chi connectivity index (χ2v) is 10.2. The van der Waals surface area contributed by atoms with Crippen molar-refractivity contribution in [3.8, 4) is 0 Å². The van der Waals surface area contributed by atoms with E-state index in [1.807, 2.05) is 13.8 Å². The van der Waals surface area contributed by atoms with Gasteiger partial charge in [-0.25, -0.2) is 8.42 Å². The maximum absolute atomic E-state index is 12.9. The molecule has 0 spiro atoms. The second-order valence-electron chi connectivity index (χ2n) is 7.28. The van der Waals surface area contributed by atoms with Crippen LogP contribution in [0, 0.1) is 0 Å². The molecule has 150 valence electrons. The van der Waals surface area contributed by atoms with Crippen LogP contribution in [-0.4, -0.2) is 54.1 Å². The van der Waals surface area contributed by atoms with Gasteiger partial charge in [0.15, 0.2) is 0 Å². The third-order valence-electron chi connectivity index (χ3n) is 4.73. The molecule has 1 N–H and O–H groups in total. The van der Waals surface area contributed by atoms with Gasteiger partial charge in [-0.15, -0.1) is 10.2 Å². The van der Waals surface area contributed by atoms with E-state index in [1.165, 1.54) is 39.9 Å². The van der Waals surface area contributed by atoms with E-state index in [4.69, 9.17) is 4.74 Å². The van der Waals surface area contributed by atoms with Crippen LogP contribution in [0.5, 0.6) is 0 Å². The van der Waals surface area contributed by atoms with E-state index >= 15 is 0 Å². The van der Waals surface area contributed by atoms with Crippen LogP contribution in [0.25, 0.3) is 0 Å². The average Bonchev–Trinajstić information content (AvgIpc) is 3.40. The number of morpholine rings is 1. The van der Waals surface area contributed by atoms with Gasteiger partial charge in [0.1, 0.15) is 5.01 Å². The molecule has 10 heteroatoms. The molecule has 2 fully saturated rings. The van der Waals surface area contributed by atoms with Gasteiger partial charge < -0.3 is 4.74 Å². The zero-order chi connectivity index (χ0) is 19.9. The first kappa shape index (κ1) is 19.4. The molecule has 1 aromatic heterocycles. The molecule has 0 bridgehead atoms. The van der Waals surface area contributed by atoms with Gasteiger partial charge in [-0.05, 0) is 51.0 Å². The summed E-state index contributed by atoms with van der Waals surface area (Å²) in [6.45, 7) is 4.34. The molecule has 1 aliphatic carbocycles. The highest BCUT2D eigenvalue weighted by Gasteiger charge is 2.32. The van der Waals surface area contributed by atoms with Crippen molar-refractivity contribution in [3.63, 3.8) is 0 Å². The standard InChI is InChI=1S/C18H22N4O4S2/c1-11-9-22(10-12(2)26-11)28(24,25)15-7-5-13(6-8-15)16(23)19-18-21-20-17(27-18)14-3-4-14/h5-8,11-12,14H,3-4,9-10H2,1-2H3,(H,19,21,23). The lowest BCUT2D eigenvalue weighted by molar-refractivity contribution is -0.0440. The molecule has 1 amide bonds. The van der Waals surface area contributed by atoms with E-state index in [-0.39, 0.29) is 23.0 Å². The summed E-state index contributed by atoms with van der Waals surface area (Å²) in [5.74, 6) is 0.148. The van der Waals surface area contributed by atoms with Crippen molar-refractivity contribution in [3.05, 3.63) is 34.8 Å². The first-order valence-electron chi connectivity index (χ1n) is 9.23. The van der Waals surface area contributed by atoms with Crippen molar-refractivity contribution >= 4 is 32.4 Å². The highest BCUT2D eigenvalue weighted by Crippen LogP contribution is 2.42. The molecule has 2 aromatic rings. The van der Waals surface area contributed by atoms with Crippen molar-refractivity contribution in [1.29, 1.82) is 0 Å². The SMILES string of the molecule is CC1CN(S(=O)(=O)c2ccc(C(=O)Nc3nnc(C4CC4)s3)cc2)CC(C)O1. The Morgan fingerprint density at radius 3 is 2.39 bits per heavy atom. The molecule has 2 atom stereocenters. The Balaban J connectivity index is 1.45. The van der Waals surface area contributed by atoms with Crippen LogP contribution < -0.4 is 5.32 Å². The molecule has 1 saturated carbocycles. The third kappa shape index (κ3) is 4.09. The number of hydrogen-bond donors (Lipinski definition) is 1. The summed E-state index contributed by atoms with van der Waals surface area (Å²) < 4.78 is 32.8. The van der Waals surface area contributed by atoms with Crippen LogP contribution >= 0.6 is 11.3 Å². The minimum atomic E-state index is -3.63. The number of sulfonamides is 1. The lowest BCUT2D eigenvalue weighted by Gasteiger charge is -2.34. The van der Waals surface area contributed by atoms with Crippen molar-refractivity contribution in [2.45, 2.75) is 49.7 Å². The number of anilines is 1. The van der Waals surface area contributed by atoms with Gasteiger partial charge in [-0.2, -0.15) is 4.31 Å². The minimum absolute atomic E-state index is 0.156. The van der Waals surface area contributed by atoms with Crippen LogP contribution in [0.1, 0.15) is 48.0 Å². The Bertz CT molecular complexity index is 960. The number of nitrogens with zero attached hydrogens (tertiary/aromatic N) is 3. The van der Waals surface area contributed by atoms with Crippen LogP contribution in [0.3, 0.4) is 0 Å². The first-order chi connectivity index (χ1) is 13.3. The van der Waals surface area contributed by atoms with Gasteiger partial charge >= 0.3 is 0 Å². The molecule has 1 saturated heterocycles. The highest BCUT2D eigenvalue weighted by molar-refractivity contribution is 7.89. The molecule has 0 radical (unpaired) electrons. The Kier molecular flexibility index (Phi) is 5.21. The molecule has 2 aliphatic rings. The van der Waals surface area contributed by atoms with Crippen molar-refractivity contribution in [2.24, 2.45) is 0 Å². The number of hydrogen-bond acceptors (Lipinski definition) is 7. The number of aromatic nitrogens is 2. The summed E-state index contributed by atoms with van der Waals surface area (Å²) in [6.07, 6.45) is 1.94. The number of carbonyl (C=O) groups excluding carboxylic acids is 1. The maximum Gasteiger partial charge on any atom is 0.257 e. The molecule has 8 nitrogen and oxygen atoms in total. The lowest BCUT2D eigenvalue weighted by Crippen LogP contribution is -2.48. The highest BCUT2D eigenvalue weighted by atomic mass is 32.2. The van der Waals surface area contributed by atoms with Crippen LogP contribution in [0.4, 0.5) is 5.13 Å². The van der Waals surface area contributed by atoms with Crippen molar-refractivity contribution in [1.82, 2.24) is 14.5 Å². The van der Waals surface area contributed by atoms with Crippen molar-refractivity contribution < 1.29 is 17.9 Å². The minimum Gasteiger partial charge on any atom is -0.373 e. The second kappa shape index (κ2) is 7.51. The molecule has 2 heterocycles. The molecule has 4 rings (SSSR count). The van der Waals surface area contributed by atoms with E-state index in [0.29, 0.717) is 29.7 Å². The summed E-state index contributed by atoms with van der Waals surface area (Å²) in [5, 5.41) is 12.2. The van der Waals surface area contributed by atoms with Gasteiger partial charge in [-0.3, -0.25) is 10.1 Å². The van der Waals surface area contributed by atoms with E-state index in [0.717, 1.165) is 17.8 Å². The number of amides is 1. The predicted molar refractivity (Wildman–Crippen MR) is 105 cm³/mol. The number of rotatable bonds is 5. The smallest absolute Gasteiger partial charge is 0.257 e. The van der Waals surface area contributed by atoms with Gasteiger partial charge in [0.2, 0.25) is 15.2 Å². The predicted octanol–water partition coefficient (Wildman–Crippen LogP) is 2.47. The molecular formula is C18H22N4O4S2. The van der Waals surface area contributed by atoms with Crippen LogP contribution in [0.15, 0.2) is 29.2 Å². The first-order valence-corrected chi connectivity index (χ1v) is 11.5. The van der Waals surface area contributed by atoms with Gasteiger partial charge in [-0.1, -0.05) is 11.3 Å². The summed E-state index contributed by atoms with van der Waals surface area (Å²) in [5.41, 5.74) is 0.367. The zero-order valence-electron chi connectivity index (χ0n) is 15.7. The number of benzene rings is 1. The fraction of sp³-hybridized carbons (Fsp3) is 0.500.